The molecule has 0 radical (unpaired) electrons. The Balaban J connectivity index is 2.06. The summed E-state index contributed by atoms with van der Waals surface area (Å²) in [6, 6.07) is 0. The van der Waals surface area contributed by atoms with Crippen molar-refractivity contribution >= 4 is 11.6 Å². The van der Waals surface area contributed by atoms with E-state index >= 15 is 0 Å². The van der Waals surface area contributed by atoms with Gasteiger partial charge in [0.15, 0.2) is 0 Å². The molecular weight excluding hydrogens is 214 g/mol. The molecule has 15 heavy (non-hydrogen) atoms. The fraction of sp³-hybridized carbons (Fsp3) is 0.700. The van der Waals surface area contributed by atoms with E-state index in [4.69, 9.17) is 16.3 Å². The first-order valence-corrected chi connectivity index (χ1v) is 5.47. The van der Waals surface area contributed by atoms with Crippen LogP contribution >= 0.6 is 11.6 Å². The number of aryl methyl sites for hydroxylation is 1. The van der Waals surface area contributed by atoms with E-state index in [2.05, 4.69) is 10.4 Å². The van der Waals surface area contributed by atoms with Gasteiger partial charge in [0.2, 0.25) is 0 Å². The standard InChI is InChI=1S/C10H18ClN3O/c1-14-7-9(5-13-14)3-4-12-6-10(11)8-15-2/h5,7,10,12H,3-4,6,8H2,1-2H3. The fourth-order valence-electron chi connectivity index (χ4n) is 1.33. The number of aromatic nitrogens is 2. The van der Waals surface area contributed by atoms with Gasteiger partial charge in [-0.05, 0) is 18.5 Å². The molecule has 1 N–H and O–H groups in total. The Morgan fingerprint density at radius 3 is 3.07 bits per heavy atom. The Morgan fingerprint density at radius 2 is 2.47 bits per heavy atom. The molecule has 0 spiro atoms. The summed E-state index contributed by atoms with van der Waals surface area (Å²) in [5.41, 5.74) is 1.24. The summed E-state index contributed by atoms with van der Waals surface area (Å²) in [7, 11) is 3.58. The second kappa shape index (κ2) is 6.82. The second-order valence-electron chi connectivity index (χ2n) is 3.53. The average molecular weight is 232 g/mol. The third kappa shape index (κ3) is 5.16. The van der Waals surface area contributed by atoms with Gasteiger partial charge in [0.25, 0.3) is 0 Å². The number of methoxy groups -OCH3 is 1. The maximum Gasteiger partial charge on any atom is 0.0693 e. The van der Waals surface area contributed by atoms with Gasteiger partial charge >= 0.3 is 0 Å². The average Bonchev–Trinajstić information content (AvgIpc) is 2.60. The molecular formula is C10H18ClN3O. The van der Waals surface area contributed by atoms with Crippen LogP contribution in [0.2, 0.25) is 0 Å². The summed E-state index contributed by atoms with van der Waals surface area (Å²) >= 11 is 5.96. The van der Waals surface area contributed by atoms with Gasteiger partial charge in [-0.3, -0.25) is 4.68 Å². The molecule has 1 rings (SSSR count). The van der Waals surface area contributed by atoms with E-state index in [1.54, 1.807) is 7.11 Å². The minimum atomic E-state index is 0.0453. The summed E-state index contributed by atoms with van der Waals surface area (Å²) in [6.45, 7) is 2.27. The third-order valence-electron chi connectivity index (χ3n) is 2.06. The monoisotopic (exact) mass is 231 g/mol. The van der Waals surface area contributed by atoms with Crippen LogP contribution in [0.1, 0.15) is 5.56 Å². The van der Waals surface area contributed by atoms with Crippen molar-refractivity contribution in [2.75, 3.05) is 26.8 Å². The highest BCUT2D eigenvalue weighted by Crippen LogP contribution is 1.97. The minimum Gasteiger partial charge on any atom is -0.383 e. The number of halogens is 1. The van der Waals surface area contributed by atoms with Gasteiger partial charge in [-0.15, -0.1) is 11.6 Å². The van der Waals surface area contributed by atoms with Crippen LogP contribution in [0.5, 0.6) is 0 Å². The van der Waals surface area contributed by atoms with Gasteiger partial charge in [0, 0.05) is 26.9 Å². The number of rotatable bonds is 7. The fourth-order valence-corrected chi connectivity index (χ4v) is 1.57. The molecule has 0 fully saturated rings. The predicted molar refractivity (Wildman–Crippen MR) is 61.3 cm³/mol. The first kappa shape index (κ1) is 12.5. The quantitative estimate of drug-likeness (QED) is 0.558. The summed E-state index contributed by atoms with van der Waals surface area (Å²) in [5, 5.41) is 7.43. The Kier molecular flexibility index (Phi) is 5.68. The predicted octanol–water partition coefficient (Wildman–Crippen LogP) is 0.806. The molecule has 0 bridgehead atoms. The van der Waals surface area contributed by atoms with Crippen molar-refractivity contribution in [1.82, 2.24) is 15.1 Å². The normalized spacial score (nSPS) is 13.0. The summed E-state index contributed by atoms with van der Waals surface area (Å²) < 4.78 is 6.75. The number of nitrogens with zero attached hydrogens (tertiary/aromatic N) is 2. The molecule has 0 saturated carbocycles. The van der Waals surface area contributed by atoms with E-state index in [1.165, 1.54) is 5.56 Å². The lowest BCUT2D eigenvalue weighted by molar-refractivity contribution is 0.197. The highest BCUT2D eigenvalue weighted by molar-refractivity contribution is 6.20. The van der Waals surface area contributed by atoms with Gasteiger partial charge in [0.1, 0.15) is 0 Å². The van der Waals surface area contributed by atoms with Crippen molar-refractivity contribution < 1.29 is 4.74 Å². The van der Waals surface area contributed by atoms with E-state index < -0.39 is 0 Å². The van der Waals surface area contributed by atoms with E-state index in [1.807, 2.05) is 24.1 Å². The van der Waals surface area contributed by atoms with Crippen LogP contribution in [-0.2, 0) is 18.2 Å². The first-order valence-electron chi connectivity index (χ1n) is 5.03. The Morgan fingerprint density at radius 1 is 1.67 bits per heavy atom. The van der Waals surface area contributed by atoms with E-state index in [9.17, 15) is 0 Å². The van der Waals surface area contributed by atoms with Crippen molar-refractivity contribution in [1.29, 1.82) is 0 Å². The van der Waals surface area contributed by atoms with E-state index in [0.29, 0.717) is 6.61 Å². The lowest BCUT2D eigenvalue weighted by atomic mass is 10.2. The number of nitrogens with one attached hydrogen (secondary N) is 1. The molecule has 1 heterocycles. The van der Waals surface area contributed by atoms with Crippen LogP contribution in [0.25, 0.3) is 0 Å². The molecule has 0 aromatic carbocycles. The molecule has 0 saturated heterocycles. The lowest BCUT2D eigenvalue weighted by Crippen LogP contribution is -2.27. The highest BCUT2D eigenvalue weighted by Gasteiger charge is 2.02. The Hall–Kier alpha value is -0.580. The topological polar surface area (TPSA) is 39.1 Å². The van der Waals surface area contributed by atoms with Crippen LogP contribution in [0.4, 0.5) is 0 Å². The zero-order valence-electron chi connectivity index (χ0n) is 9.24. The zero-order chi connectivity index (χ0) is 11.1. The van der Waals surface area contributed by atoms with Crippen LogP contribution in [0.3, 0.4) is 0 Å². The summed E-state index contributed by atoms with van der Waals surface area (Å²) in [6.07, 6.45) is 4.88. The van der Waals surface area contributed by atoms with Gasteiger partial charge in [-0.1, -0.05) is 0 Å². The van der Waals surface area contributed by atoms with Crippen LogP contribution in [0.15, 0.2) is 12.4 Å². The molecule has 1 aromatic rings. The lowest BCUT2D eigenvalue weighted by Gasteiger charge is -2.08. The first-order chi connectivity index (χ1) is 7.22. The SMILES string of the molecule is COCC(Cl)CNCCc1cnn(C)c1. The molecule has 5 heteroatoms. The molecule has 1 unspecified atom stereocenters. The van der Waals surface area contributed by atoms with E-state index in [0.717, 1.165) is 19.5 Å². The summed E-state index contributed by atoms with van der Waals surface area (Å²) in [4.78, 5) is 0. The van der Waals surface area contributed by atoms with Crippen molar-refractivity contribution in [2.24, 2.45) is 7.05 Å². The third-order valence-corrected chi connectivity index (χ3v) is 2.34. The molecule has 0 aliphatic carbocycles. The maximum absolute atomic E-state index is 5.96. The van der Waals surface area contributed by atoms with Crippen LogP contribution in [0, 0.1) is 0 Å². The Bertz CT molecular complexity index is 277. The molecule has 1 atom stereocenters. The molecule has 0 aliphatic rings. The van der Waals surface area contributed by atoms with E-state index in [-0.39, 0.29) is 5.38 Å². The smallest absolute Gasteiger partial charge is 0.0693 e. The largest absolute Gasteiger partial charge is 0.383 e. The van der Waals surface area contributed by atoms with Crippen molar-refractivity contribution in [3.05, 3.63) is 18.0 Å². The van der Waals surface area contributed by atoms with Crippen molar-refractivity contribution in [3.63, 3.8) is 0 Å². The Labute approximate surface area is 95.6 Å². The van der Waals surface area contributed by atoms with Gasteiger partial charge < -0.3 is 10.1 Å². The number of ether oxygens (including phenoxy) is 1. The zero-order valence-corrected chi connectivity index (χ0v) is 10.00. The number of hydrogen-bond donors (Lipinski definition) is 1. The minimum absolute atomic E-state index is 0.0453. The number of alkyl halides is 1. The van der Waals surface area contributed by atoms with Crippen LogP contribution < -0.4 is 5.32 Å². The van der Waals surface area contributed by atoms with Crippen molar-refractivity contribution in [2.45, 2.75) is 11.8 Å². The molecule has 1 aromatic heterocycles. The molecule has 4 nitrogen and oxygen atoms in total. The molecule has 0 amide bonds. The molecule has 0 aliphatic heterocycles. The molecule has 86 valence electrons. The van der Waals surface area contributed by atoms with Gasteiger partial charge in [-0.25, -0.2) is 0 Å². The van der Waals surface area contributed by atoms with Gasteiger partial charge in [0.05, 0.1) is 18.2 Å². The summed E-state index contributed by atoms with van der Waals surface area (Å²) in [5.74, 6) is 0. The maximum atomic E-state index is 5.96. The number of hydrogen-bond acceptors (Lipinski definition) is 3. The van der Waals surface area contributed by atoms with Crippen molar-refractivity contribution in [3.8, 4) is 0 Å². The van der Waals surface area contributed by atoms with Gasteiger partial charge in [-0.2, -0.15) is 5.10 Å². The highest BCUT2D eigenvalue weighted by atomic mass is 35.5. The van der Waals surface area contributed by atoms with Crippen LogP contribution in [-0.4, -0.2) is 42.0 Å². The second-order valence-corrected chi connectivity index (χ2v) is 4.15.